The minimum atomic E-state index is 0.0388. The van der Waals surface area contributed by atoms with Crippen molar-refractivity contribution in [3.63, 3.8) is 0 Å². The molecule has 2 nitrogen and oxygen atoms in total. The number of hydrogen-bond donors (Lipinski definition) is 1. The van der Waals surface area contributed by atoms with Gasteiger partial charge in [-0.05, 0) is 43.7 Å². The first kappa shape index (κ1) is 14.1. The summed E-state index contributed by atoms with van der Waals surface area (Å²) in [5, 5.41) is 9.56. The van der Waals surface area contributed by atoms with E-state index in [2.05, 4.69) is 46.8 Å². The molecule has 2 rings (SSSR count). The van der Waals surface area contributed by atoms with E-state index in [0.29, 0.717) is 0 Å². The third-order valence-electron chi connectivity index (χ3n) is 3.23. The summed E-state index contributed by atoms with van der Waals surface area (Å²) in [5.74, 6) is 0. The van der Waals surface area contributed by atoms with E-state index in [1.54, 1.807) is 0 Å². The molecular weight excluding hydrogens is 302 g/mol. The molecule has 0 aliphatic carbocycles. The van der Waals surface area contributed by atoms with Crippen LogP contribution in [0.3, 0.4) is 0 Å². The van der Waals surface area contributed by atoms with Gasteiger partial charge in [-0.15, -0.1) is 0 Å². The Kier molecular flexibility index (Phi) is 4.61. The van der Waals surface area contributed by atoms with Gasteiger partial charge < -0.3 is 10.0 Å². The minimum absolute atomic E-state index is 0.0388. The lowest BCUT2D eigenvalue weighted by Gasteiger charge is -2.27. The highest BCUT2D eigenvalue weighted by Crippen LogP contribution is 2.32. The van der Waals surface area contributed by atoms with E-state index in [-0.39, 0.29) is 6.61 Å². The molecule has 19 heavy (non-hydrogen) atoms. The van der Waals surface area contributed by atoms with Crippen LogP contribution in [0.1, 0.15) is 18.1 Å². The summed E-state index contributed by atoms with van der Waals surface area (Å²) in [6, 6.07) is 14.3. The van der Waals surface area contributed by atoms with Crippen molar-refractivity contribution in [2.45, 2.75) is 20.5 Å². The number of nitrogens with zero attached hydrogens (tertiary/aromatic N) is 1. The summed E-state index contributed by atoms with van der Waals surface area (Å²) in [7, 11) is 0. The normalized spacial score (nSPS) is 10.5. The fourth-order valence-electron chi connectivity index (χ4n) is 2.28. The predicted octanol–water partition coefficient (Wildman–Crippen LogP) is 4.41. The molecule has 2 aromatic rings. The lowest BCUT2D eigenvalue weighted by molar-refractivity contribution is 0.282. The van der Waals surface area contributed by atoms with Gasteiger partial charge in [-0.25, -0.2) is 0 Å². The standard InChI is InChI=1S/C16H18BrNO/c1-3-18(15-7-5-4-6-12(15)2)16-9-8-14(17)10-13(16)11-19/h4-10,19H,3,11H2,1-2H3. The maximum atomic E-state index is 9.56. The number of aryl methyl sites for hydroxylation is 1. The molecule has 100 valence electrons. The Morgan fingerprint density at radius 2 is 1.84 bits per heavy atom. The molecular formula is C16H18BrNO. The number of aliphatic hydroxyl groups is 1. The second kappa shape index (κ2) is 6.22. The molecule has 0 amide bonds. The average molecular weight is 320 g/mol. The van der Waals surface area contributed by atoms with Gasteiger partial charge in [-0.1, -0.05) is 34.1 Å². The van der Waals surface area contributed by atoms with E-state index < -0.39 is 0 Å². The van der Waals surface area contributed by atoms with Crippen molar-refractivity contribution >= 4 is 27.3 Å². The van der Waals surface area contributed by atoms with Crippen LogP contribution < -0.4 is 4.90 Å². The largest absolute Gasteiger partial charge is 0.392 e. The second-order valence-electron chi connectivity index (χ2n) is 4.46. The molecule has 0 atom stereocenters. The zero-order chi connectivity index (χ0) is 13.8. The molecule has 3 heteroatoms. The Balaban J connectivity index is 2.51. The summed E-state index contributed by atoms with van der Waals surface area (Å²) < 4.78 is 0.987. The minimum Gasteiger partial charge on any atom is -0.392 e. The predicted molar refractivity (Wildman–Crippen MR) is 83.9 cm³/mol. The fourth-order valence-corrected chi connectivity index (χ4v) is 2.69. The van der Waals surface area contributed by atoms with Crippen LogP contribution in [0.25, 0.3) is 0 Å². The molecule has 0 aromatic heterocycles. The molecule has 0 radical (unpaired) electrons. The number of para-hydroxylation sites is 1. The van der Waals surface area contributed by atoms with Crippen molar-refractivity contribution in [1.82, 2.24) is 0 Å². The highest BCUT2D eigenvalue weighted by molar-refractivity contribution is 9.10. The van der Waals surface area contributed by atoms with Crippen molar-refractivity contribution in [3.8, 4) is 0 Å². The molecule has 0 heterocycles. The summed E-state index contributed by atoms with van der Waals surface area (Å²) in [6.07, 6.45) is 0. The Morgan fingerprint density at radius 1 is 1.11 bits per heavy atom. The molecule has 0 saturated carbocycles. The maximum absolute atomic E-state index is 9.56. The molecule has 0 unspecified atom stereocenters. The Bertz CT molecular complexity index is 568. The molecule has 2 aromatic carbocycles. The van der Waals surface area contributed by atoms with E-state index in [4.69, 9.17) is 0 Å². The summed E-state index contributed by atoms with van der Waals surface area (Å²) in [5.41, 5.74) is 4.40. The summed E-state index contributed by atoms with van der Waals surface area (Å²) in [4.78, 5) is 2.23. The first-order chi connectivity index (χ1) is 9.17. The van der Waals surface area contributed by atoms with Crippen molar-refractivity contribution in [3.05, 3.63) is 58.1 Å². The highest BCUT2D eigenvalue weighted by Gasteiger charge is 2.13. The fraction of sp³-hybridized carbons (Fsp3) is 0.250. The molecule has 0 aliphatic heterocycles. The van der Waals surface area contributed by atoms with Gasteiger partial charge in [0.05, 0.1) is 6.61 Å². The number of halogens is 1. The maximum Gasteiger partial charge on any atom is 0.0702 e. The lowest BCUT2D eigenvalue weighted by Crippen LogP contribution is -2.18. The zero-order valence-corrected chi connectivity index (χ0v) is 12.8. The summed E-state index contributed by atoms with van der Waals surface area (Å²) in [6.45, 7) is 5.13. The number of benzene rings is 2. The molecule has 0 spiro atoms. The van der Waals surface area contributed by atoms with Crippen LogP contribution in [-0.4, -0.2) is 11.7 Å². The van der Waals surface area contributed by atoms with Crippen LogP contribution in [0.15, 0.2) is 46.9 Å². The Labute approximate surface area is 122 Å². The van der Waals surface area contributed by atoms with Crippen LogP contribution in [0, 0.1) is 6.92 Å². The van der Waals surface area contributed by atoms with Crippen LogP contribution >= 0.6 is 15.9 Å². The smallest absolute Gasteiger partial charge is 0.0702 e. The SMILES string of the molecule is CCN(c1ccccc1C)c1ccc(Br)cc1CO. The monoisotopic (exact) mass is 319 g/mol. The zero-order valence-electron chi connectivity index (χ0n) is 11.2. The molecule has 0 bridgehead atoms. The Morgan fingerprint density at radius 3 is 2.47 bits per heavy atom. The van der Waals surface area contributed by atoms with Gasteiger partial charge in [-0.3, -0.25) is 0 Å². The number of rotatable bonds is 4. The first-order valence-electron chi connectivity index (χ1n) is 6.39. The summed E-state index contributed by atoms with van der Waals surface area (Å²) >= 11 is 3.45. The van der Waals surface area contributed by atoms with Gasteiger partial charge in [0.25, 0.3) is 0 Å². The highest BCUT2D eigenvalue weighted by atomic mass is 79.9. The van der Waals surface area contributed by atoms with Gasteiger partial charge in [0, 0.05) is 28.0 Å². The van der Waals surface area contributed by atoms with Gasteiger partial charge >= 0.3 is 0 Å². The third-order valence-corrected chi connectivity index (χ3v) is 3.72. The van der Waals surface area contributed by atoms with Crippen molar-refractivity contribution in [2.24, 2.45) is 0 Å². The van der Waals surface area contributed by atoms with Crippen LogP contribution in [0.5, 0.6) is 0 Å². The van der Waals surface area contributed by atoms with Crippen LogP contribution in [-0.2, 0) is 6.61 Å². The second-order valence-corrected chi connectivity index (χ2v) is 5.38. The molecule has 0 aliphatic rings. The average Bonchev–Trinajstić information content (AvgIpc) is 2.43. The van der Waals surface area contributed by atoms with Gasteiger partial charge in [0.15, 0.2) is 0 Å². The van der Waals surface area contributed by atoms with Crippen LogP contribution in [0.4, 0.5) is 11.4 Å². The van der Waals surface area contributed by atoms with Gasteiger partial charge in [0.1, 0.15) is 0 Å². The first-order valence-corrected chi connectivity index (χ1v) is 7.19. The van der Waals surface area contributed by atoms with E-state index in [9.17, 15) is 5.11 Å². The Hall–Kier alpha value is -1.32. The molecule has 1 N–H and O–H groups in total. The van der Waals surface area contributed by atoms with Gasteiger partial charge in [-0.2, -0.15) is 0 Å². The molecule has 0 fully saturated rings. The van der Waals surface area contributed by atoms with Crippen LogP contribution in [0.2, 0.25) is 0 Å². The third kappa shape index (κ3) is 2.99. The lowest BCUT2D eigenvalue weighted by atomic mass is 10.1. The number of aliphatic hydroxyl groups excluding tert-OH is 1. The van der Waals surface area contributed by atoms with Crippen molar-refractivity contribution in [2.75, 3.05) is 11.4 Å². The van der Waals surface area contributed by atoms with E-state index in [1.807, 2.05) is 30.3 Å². The number of anilines is 2. The van der Waals surface area contributed by atoms with E-state index in [1.165, 1.54) is 11.3 Å². The van der Waals surface area contributed by atoms with E-state index >= 15 is 0 Å². The van der Waals surface area contributed by atoms with E-state index in [0.717, 1.165) is 22.3 Å². The van der Waals surface area contributed by atoms with Gasteiger partial charge in [0.2, 0.25) is 0 Å². The quantitative estimate of drug-likeness (QED) is 0.902. The topological polar surface area (TPSA) is 23.5 Å². The number of hydrogen-bond acceptors (Lipinski definition) is 2. The molecule has 0 saturated heterocycles. The van der Waals surface area contributed by atoms with Crippen molar-refractivity contribution < 1.29 is 5.11 Å². The van der Waals surface area contributed by atoms with Crippen molar-refractivity contribution in [1.29, 1.82) is 0 Å².